The van der Waals surface area contributed by atoms with E-state index in [-0.39, 0.29) is 5.91 Å². The third kappa shape index (κ3) is 3.20. The molecule has 0 saturated heterocycles. The number of amides is 2. The molecule has 0 unspecified atom stereocenters. The summed E-state index contributed by atoms with van der Waals surface area (Å²) in [5.74, 6) is 0.506. The van der Waals surface area contributed by atoms with Gasteiger partial charge in [0, 0.05) is 17.8 Å². The summed E-state index contributed by atoms with van der Waals surface area (Å²) in [5, 5.41) is 5.48. The number of anilines is 2. The molecule has 0 aromatic heterocycles. The minimum Gasteiger partial charge on any atom is -0.410 e. The molecule has 2 aromatic rings. The van der Waals surface area contributed by atoms with Gasteiger partial charge < -0.3 is 10.1 Å². The minimum atomic E-state index is -0.541. The van der Waals surface area contributed by atoms with Crippen LogP contribution in [0.1, 0.15) is 12.0 Å². The molecular weight excluding hydrogens is 268 g/mol. The molecule has 3 rings (SSSR count). The Morgan fingerprint density at radius 3 is 2.71 bits per heavy atom. The van der Waals surface area contributed by atoms with Gasteiger partial charge in [-0.05, 0) is 42.3 Å². The lowest BCUT2D eigenvalue weighted by Gasteiger charge is -2.17. The summed E-state index contributed by atoms with van der Waals surface area (Å²) < 4.78 is 5.16. The normalized spacial score (nSPS) is 13.0. The average Bonchev–Trinajstić information content (AvgIpc) is 2.48. The highest BCUT2D eigenvalue weighted by Gasteiger charge is 2.15. The molecule has 1 aliphatic heterocycles. The average molecular weight is 282 g/mol. The van der Waals surface area contributed by atoms with Crippen LogP contribution in [-0.4, -0.2) is 12.0 Å². The Kier molecular flexibility index (Phi) is 3.55. The van der Waals surface area contributed by atoms with Crippen LogP contribution < -0.4 is 15.4 Å². The summed E-state index contributed by atoms with van der Waals surface area (Å²) >= 11 is 0. The summed E-state index contributed by atoms with van der Waals surface area (Å²) in [5.41, 5.74) is 2.45. The summed E-state index contributed by atoms with van der Waals surface area (Å²) in [6, 6.07) is 14.2. The van der Waals surface area contributed by atoms with Gasteiger partial charge in [0.05, 0.1) is 0 Å². The van der Waals surface area contributed by atoms with Crippen LogP contribution in [0, 0.1) is 0 Å². The van der Waals surface area contributed by atoms with Gasteiger partial charge in [0.15, 0.2) is 0 Å². The van der Waals surface area contributed by atoms with Crippen LogP contribution in [0.3, 0.4) is 0 Å². The lowest BCUT2D eigenvalue weighted by Crippen LogP contribution is -2.20. The van der Waals surface area contributed by atoms with Crippen molar-refractivity contribution in [2.45, 2.75) is 12.8 Å². The van der Waals surface area contributed by atoms with E-state index in [1.54, 1.807) is 36.4 Å². The van der Waals surface area contributed by atoms with Gasteiger partial charge in [-0.25, -0.2) is 4.79 Å². The van der Waals surface area contributed by atoms with Crippen LogP contribution in [0.15, 0.2) is 48.5 Å². The maximum absolute atomic E-state index is 11.8. The Morgan fingerprint density at radius 2 is 1.90 bits per heavy atom. The molecule has 0 spiro atoms. The van der Waals surface area contributed by atoms with Crippen molar-refractivity contribution in [1.82, 2.24) is 0 Å². The number of rotatable bonds is 2. The van der Waals surface area contributed by atoms with Crippen molar-refractivity contribution in [3.05, 3.63) is 54.1 Å². The van der Waals surface area contributed by atoms with Gasteiger partial charge in [0.2, 0.25) is 5.91 Å². The molecule has 0 radical (unpaired) electrons. The lowest BCUT2D eigenvalue weighted by atomic mass is 10.0. The molecule has 2 aromatic carbocycles. The maximum atomic E-state index is 11.8. The van der Waals surface area contributed by atoms with E-state index in [0.29, 0.717) is 24.3 Å². The van der Waals surface area contributed by atoms with Crippen LogP contribution in [-0.2, 0) is 11.2 Å². The topological polar surface area (TPSA) is 67.4 Å². The number of carbonyl (C=O) groups excluding carboxylic acids is 2. The van der Waals surface area contributed by atoms with Crippen molar-refractivity contribution in [1.29, 1.82) is 0 Å². The van der Waals surface area contributed by atoms with Crippen molar-refractivity contribution in [2.24, 2.45) is 0 Å². The highest BCUT2D eigenvalue weighted by molar-refractivity contribution is 5.95. The smallest absolute Gasteiger partial charge is 0.410 e. The summed E-state index contributed by atoms with van der Waals surface area (Å²) in [6.45, 7) is 0. The predicted molar refractivity (Wildman–Crippen MR) is 79.5 cm³/mol. The summed E-state index contributed by atoms with van der Waals surface area (Å²) in [6.07, 6.45) is 0.594. The molecule has 21 heavy (non-hydrogen) atoms. The van der Waals surface area contributed by atoms with Gasteiger partial charge in [0.25, 0.3) is 0 Å². The molecule has 106 valence electrons. The Hall–Kier alpha value is -2.82. The lowest BCUT2D eigenvalue weighted by molar-refractivity contribution is -0.116. The SMILES string of the molecule is O=C1CCc2cc(NC(=O)Oc3ccccc3)ccc2N1. The number of ether oxygens (including phenoxy) is 1. The van der Waals surface area contributed by atoms with Gasteiger partial charge in [0.1, 0.15) is 5.75 Å². The van der Waals surface area contributed by atoms with Gasteiger partial charge in [-0.2, -0.15) is 0 Å². The van der Waals surface area contributed by atoms with Crippen LogP contribution in [0.25, 0.3) is 0 Å². The maximum Gasteiger partial charge on any atom is 0.417 e. The van der Waals surface area contributed by atoms with E-state index < -0.39 is 6.09 Å². The van der Waals surface area contributed by atoms with Crippen molar-refractivity contribution in [3.63, 3.8) is 0 Å². The van der Waals surface area contributed by atoms with Gasteiger partial charge in [-0.1, -0.05) is 18.2 Å². The molecule has 0 fully saturated rings. The number of para-hydroxylation sites is 1. The number of hydrogen-bond donors (Lipinski definition) is 2. The molecule has 2 amide bonds. The Bertz CT molecular complexity index is 683. The summed E-state index contributed by atoms with van der Waals surface area (Å²) in [4.78, 5) is 23.1. The molecule has 1 heterocycles. The molecule has 2 N–H and O–H groups in total. The number of carbonyl (C=O) groups is 2. The van der Waals surface area contributed by atoms with E-state index in [2.05, 4.69) is 10.6 Å². The largest absolute Gasteiger partial charge is 0.417 e. The van der Waals surface area contributed by atoms with E-state index in [1.807, 2.05) is 12.1 Å². The number of hydrogen-bond acceptors (Lipinski definition) is 3. The number of aryl methyl sites for hydroxylation is 1. The van der Waals surface area contributed by atoms with Crippen molar-refractivity contribution in [2.75, 3.05) is 10.6 Å². The monoisotopic (exact) mass is 282 g/mol. The predicted octanol–water partition coefficient (Wildman–Crippen LogP) is 3.18. The first-order chi connectivity index (χ1) is 10.2. The van der Waals surface area contributed by atoms with E-state index in [1.165, 1.54) is 0 Å². The Balaban J connectivity index is 1.68. The first kappa shape index (κ1) is 13.2. The fraction of sp³-hybridized carbons (Fsp3) is 0.125. The van der Waals surface area contributed by atoms with E-state index in [9.17, 15) is 9.59 Å². The summed E-state index contributed by atoms with van der Waals surface area (Å²) in [7, 11) is 0. The molecule has 0 atom stereocenters. The van der Waals surface area contributed by atoms with Gasteiger partial charge in [-0.3, -0.25) is 10.1 Å². The van der Waals surface area contributed by atoms with Gasteiger partial charge in [-0.15, -0.1) is 0 Å². The second kappa shape index (κ2) is 5.66. The molecule has 0 saturated carbocycles. The van der Waals surface area contributed by atoms with E-state index in [4.69, 9.17) is 4.74 Å². The van der Waals surface area contributed by atoms with E-state index in [0.717, 1.165) is 11.3 Å². The van der Waals surface area contributed by atoms with Crippen molar-refractivity contribution < 1.29 is 14.3 Å². The Labute approximate surface area is 121 Å². The highest BCUT2D eigenvalue weighted by atomic mass is 16.6. The molecule has 0 aliphatic carbocycles. The standard InChI is InChI=1S/C16H14N2O3/c19-15-9-6-11-10-12(7-8-14(11)18-15)17-16(20)21-13-4-2-1-3-5-13/h1-5,7-8,10H,6,9H2,(H,17,20)(H,18,19). The van der Waals surface area contributed by atoms with E-state index >= 15 is 0 Å². The highest BCUT2D eigenvalue weighted by Crippen LogP contribution is 2.25. The first-order valence-electron chi connectivity index (χ1n) is 6.67. The first-order valence-corrected chi connectivity index (χ1v) is 6.67. The third-order valence-electron chi connectivity index (χ3n) is 3.20. The fourth-order valence-electron chi connectivity index (χ4n) is 2.20. The van der Waals surface area contributed by atoms with Crippen molar-refractivity contribution >= 4 is 23.4 Å². The molecule has 0 bridgehead atoms. The molecule has 5 nitrogen and oxygen atoms in total. The zero-order valence-corrected chi connectivity index (χ0v) is 11.3. The number of fused-ring (bicyclic) bond motifs is 1. The zero-order chi connectivity index (χ0) is 14.7. The van der Waals surface area contributed by atoms with Crippen LogP contribution in [0.4, 0.5) is 16.2 Å². The van der Waals surface area contributed by atoms with Crippen LogP contribution in [0.5, 0.6) is 5.75 Å². The fourth-order valence-corrected chi connectivity index (χ4v) is 2.20. The number of benzene rings is 2. The second-order valence-electron chi connectivity index (χ2n) is 4.75. The van der Waals surface area contributed by atoms with Crippen molar-refractivity contribution in [3.8, 4) is 5.75 Å². The molecular formula is C16H14N2O3. The third-order valence-corrected chi connectivity index (χ3v) is 3.20. The molecule has 1 aliphatic rings. The zero-order valence-electron chi connectivity index (χ0n) is 11.3. The van der Waals surface area contributed by atoms with Gasteiger partial charge >= 0.3 is 6.09 Å². The van der Waals surface area contributed by atoms with Crippen LogP contribution >= 0.6 is 0 Å². The Morgan fingerprint density at radius 1 is 1.10 bits per heavy atom. The quantitative estimate of drug-likeness (QED) is 0.889. The number of nitrogens with one attached hydrogen (secondary N) is 2. The minimum absolute atomic E-state index is 0.0201. The van der Waals surface area contributed by atoms with Crippen LogP contribution in [0.2, 0.25) is 0 Å². The second-order valence-corrected chi connectivity index (χ2v) is 4.75. The molecule has 5 heteroatoms.